The lowest BCUT2D eigenvalue weighted by molar-refractivity contribution is -0.150. The third-order valence-electron chi connectivity index (χ3n) is 7.79. The van der Waals surface area contributed by atoms with E-state index in [0.29, 0.717) is 0 Å². The summed E-state index contributed by atoms with van der Waals surface area (Å²) in [4.78, 5) is 14.1. The third-order valence-corrected chi connectivity index (χ3v) is 7.79. The van der Waals surface area contributed by atoms with Gasteiger partial charge in [0.15, 0.2) is 6.10 Å². The van der Waals surface area contributed by atoms with Crippen LogP contribution in [-0.2, 0) is 9.53 Å². The number of aromatic nitrogens is 1. The Morgan fingerprint density at radius 2 is 0.949 bits per heavy atom. The van der Waals surface area contributed by atoms with Crippen LogP contribution in [-0.4, -0.2) is 10.5 Å². The summed E-state index contributed by atoms with van der Waals surface area (Å²) in [6.45, 7) is 1.93. The number of hydrogen-bond donors (Lipinski definition) is 0. The first-order chi connectivity index (χ1) is 19.2. The standard InChI is InChI=1S/C36H27NO2/c1-24(37-33-22-8-6-18-29(33)30-19-7-9-23-34(30)37)36(38)39-35(31-20-10-14-25-12-2-4-16-27(25)31)32-21-11-15-26-13-3-5-17-28(26)32/h2-24,35H,1H3/t24-/m0/s1. The van der Waals surface area contributed by atoms with Crippen LogP contribution in [0.25, 0.3) is 43.4 Å². The summed E-state index contributed by atoms with van der Waals surface area (Å²) < 4.78 is 8.67. The predicted molar refractivity (Wildman–Crippen MR) is 160 cm³/mol. The molecule has 0 fully saturated rings. The van der Waals surface area contributed by atoms with E-state index >= 15 is 0 Å². The average molecular weight is 506 g/mol. The van der Waals surface area contributed by atoms with E-state index in [1.54, 1.807) is 0 Å². The maximum absolute atomic E-state index is 14.1. The third kappa shape index (κ3) is 3.86. The number of fused-ring (bicyclic) bond motifs is 5. The van der Waals surface area contributed by atoms with Crippen molar-refractivity contribution in [1.29, 1.82) is 0 Å². The van der Waals surface area contributed by atoms with Gasteiger partial charge in [-0.3, -0.25) is 0 Å². The SMILES string of the molecule is C[C@@H](C(=O)OC(c1cccc2ccccc12)c1cccc2ccccc12)n1c2ccccc2c2ccccc21. The molecular weight excluding hydrogens is 478 g/mol. The van der Waals surface area contributed by atoms with Gasteiger partial charge in [-0.05, 0) is 40.6 Å². The maximum atomic E-state index is 14.1. The summed E-state index contributed by atoms with van der Waals surface area (Å²) in [6, 6.07) is 45.0. The topological polar surface area (TPSA) is 31.2 Å². The number of nitrogens with zero attached hydrogens (tertiary/aromatic N) is 1. The molecule has 1 heterocycles. The normalized spacial score (nSPS) is 12.5. The second-order valence-electron chi connectivity index (χ2n) is 10.0. The minimum Gasteiger partial charge on any atom is -0.451 e. The van der Waals surface area contributed by atoms with Gasteiger partial charge in [0.25, 0.3) is 0 Å². The van der Waals surface area contributed by atoms with E-state index in [1.807, 2.05) is 67.6 Å². The van der Waals surface area contributed by atoms with Crippen LogP contribution < -0.4 is 0 Å². The molecule has 0 spiro atoms. The lowest BCUT2D eigenvalue weighted by Crippen LogP contribution is -2.22. The molecular formula is C36H27NO2. The molecule has 6 aromatic carbocycles. The molecule has 3 nitrogen and oxygen atoms in total. The van der Waals surface area contributed by atoms with Gasteiger partial charge >= 0.3 is 5.97 Å². The van der Waals surface area contributed by atoms with E-state index in [9.17, 15) is 4.79 Å². The molecule has 0 aliphatic rings. The molecule has 7 aromatic rings. The van der Waals surface area contributed by atoms with Crippen LogP contribution in [0, 0.1) is 0 Å². The highest BCUT2D eigenvalue weighted by molar-refractivity contribution is 6.08. The molecule has 1 atom stereocenters. The zero-order chi connectivity index (χ0) is 26.3. The first-order valence-electron chi connectivity index (χ1n) is 13.3. The van der Waals surface area contributed by atoms with E-state index in [2.05, 4.69) is 77.4 Å². The Morgan fingerprint density at radius 3 is 1.46 bits per heavy atom. The largest absolute Gasteiger partial charge is 0.451 e. The van der Waals surface area contributed by atoms with Crippen molar-refractivity contribution < 1.29 is 9.53 Å². The highest BCUT2D eigenvalue weighted by atomic mass is 16.5. The second-order valence-corrected chi connectivity index (χ2v) is 10.0. The number of benzene rings is 6. The molecule has 0 saturated carbocycles. The van der Waals surface area contributed by atoms with Crippen LogP contribution in [0.3, 0.4) is 0 Å². The highest BCUT2D eigenvalue weighted by Gasteiger charge is 2.28. The fourth-order valence-electron chi connectivity index (χ4n) is 5.94. The number of ether oxygens (including phenoxy) is 1. The van der Waals surface area contributed by atoms with Crippen LogP contribution in [0.5, 0.6) is 0 Å². The van der Waals surface area contributed by atoms with Gasteiger partial charge in [0.2, 0.25) is 0 Å². The van der Waals surface area contributed by atoms with Crippen molar-refractivity contribution in [3.63, 3.8) is 0 Å². The number of carbonyl (C=O) groups is 1. The molecule has 0 N–H and O–H groups in total. The van der Waals surface area contributed by atoms with Gasteiger partial charge in [0.05, 0.1) is 0 Å². The van der Waals surface area contributed by atoms with Gasteiger partial charge in [-0.25, -0.2) is 4.79 Å². The molecule has 0 saturated heterocycles. The van der Waals surface area contributed by atoms with E-state index in [4.69, 9.17) is 4.74 Å². The van der Waals surface area contributed by atoms with E-state index < -0.39 is 12.1 Å². The van der Waals surface area contributed by atoms with Crippen molar-refractivity contribution in [2.45, 2.75) is 19.1 Å². The number of rotatable bonds is 5. The zero-order valence-corrected chi connectivity index (χ0v) is 21.6. The highest BCUT2D eigenvalue weighted by Crippen LogP contribution is 2.38. The van der Waals surface area contributed by atoms with Crippen LogP contribution >= 0.6 is 0 Å². The fourth-order valence-corrected chi connectivity index (χ4v) is 5.94. The summed E-state index contributed by atoms with van der Waals surface area (Å²) in [5.41, 5.74) is 4.00. The van der Waals surface area contributed by atoms with Gasteiger partial charge in [0.1, 0.15) is 6.04 Å². The Hall–Kier alpha value is -4.89. The second kappa shape index (κ2) is 9.45. The number of para-hydroxylation sites is 2. The fraction of sp³-hybridized carbons (Fsp3) is 0.0833. The number of carbonyl (C=O) groups excluding carboxylic acids is 1. The monoisotopic (exact) mass is 505 g/mol. The van der Waals surface area contributed by atoms with E-state index in [0.717, 1.165) is 54.5 Å². The lowest BCUT2D eigenvalue weighted by Gasteiger charge is -2.25. The smallest absolute Gasteiger partial charge is 0.329 e. The quantitative estimate of drug-likeness (QED) is 0.219. The van der Waals surface area contributed by atoms with Crippen LogP contribution in [0.2, 0.25) is 0 Å². The van der Waals surface area contributed by atoms with Crippen LogP contribution in [0.1, 0.15) is 30.2 Å². The molecule has 0 aliphatic heterocycles. The first kappa shape index (κ1) is 23.2. The van der Waals surface area contributed by atoms with Crippen molar-refractivity contribution in [3.05, 3.63) is 145 Å². The summed E-state index contributed by atoms with van der Waals surface area (Å²) in [5, 5.41) is 6.66. The minimum atomic E-state index is -0.565. The Morgan fingerprint density at radius 1 is 0.538 bits per heavy atom. The Kier molecular flexibility index (Phi) is 5.63. The van der Waals surface area contributed by atoms with Crippen LogP contribution in [0.4, 0.5) is 0 Å². The summed E-state index contributed by atoms with van der Waals surface area (Å²) >= 11 is 0. The van der Waals surface area contributed by atoms with Gasteiger partial charge in [0, 0.05) is 32.9 Å². The zero-order valence-electron chi connectivity index (χ0n) is 21.6. The maximum Gasteiger partial charge on any atom is 0.329 e. The Bertz CT molecular complexity index is 1860. The molecule has 1 aromatic heterocycles. The van der Waals surface area contributed by atoms with Gasteiger partial charge in [-0.2, -0.15) is 0 Å². The minimum absolute atomic E-state index is 0.271. The van der Waals surface area contributed by atoms with Crippen molar-refractivity contribution >= 4 is 49.3 Å². The molecule has 188 valence electrons. The molecule has 0 unspecified atom stereocenters. The molecule has 0 bridgehead atoms. The van der Waals surface area contributed by atoms with Crippen molar-refractivity contribution in [3.8, 4) is 0 Å². The molecule has 39 heavy (non-hydrogen) atoms. The predicted octanol–water partition coefficient (Wildman–Crippen LogP) is 8.99. The number of esters is 1. The van der Waals surface area contributed by atoms with Gasteiger partial charge in [-0.1, -0.05) is 121 Å². The average Bonchev–Trinajstić information content (AvgIpc) is 3.33. The van der Waals surface area contributed by atoms with Crippen molar-refractivity contribution in [2.24, 2.45) is 0 Å². The lowest BCUT2D eigenvalue weighted by atomic mass is 9.92. The molecule has 3 heteroatoms. The van der Waals surface area contributed by atoms with Gasteiger partial charge < -0.3 is 9.30 Å². The summed E-state index contributed by atoms with van der Waals surface area (Å²) in [5.74, 6) is -0.271. The molecule has 0 amide bonds. The molecule has 7 rings (SSSR count). The molecule has 0 radical (unpaired) electrons. The van der Waals surface area contributed by atoms with Gasteiger partial charge in [-0.15, -0.1) is 0 Å². The Labute approximate surface area is 226 Å². The van der Waals surface area contributed by atoms with Crippen molar-refractivity contribution in [2.75, 3.05) is 0 Å². The summed E-state index contributed by atoms with van der Waals surface area (Å²) in [7, 11) is 0. The summed E-state index contributed by atoms with van der Waals surface area (Å²) in [6.07, 6.45) is -0.565. The van der Waals surface area contributed by atoms with E-state index in [-0.39, 0.29) is 5.97 Å². The Balaban J connectivity index is 1.38. The number of hydrogen-bond acceptors (Lipinski definition) is 2. The van der Waals surface area contributed by atoms with Crippen LogP contribution in [0.15, 0.2) is 133 Å². The first-order valence-corrected chi connectivity index (χ1v) is 13.3. The molecule has 0 aliphatic carbocycles. The van der Waals surface area contributed by atoms with Crippen molar-refractivity contribution in [1.82, 2.24) is 4.57 Å². The van der Waals surface area contributed by atoms with E-state index in [1.165, 1.54) is 0 Å².